The third-order valence-corrected chi connectivity index (χ3v) is 3.64. The molecule has 130 valence electrons. The van der Waals surface area contributed by atoms with E-state index in [1.165, 1.54) is 24.3 Å². The van der Waals surface area contributed by atoms with Gasteiger partial charge < -0.3 is 0 Å². The van der Waals surface area contributed by atoms with Crippen molar-refractivity contribution in [3.8, 4) is 0 Å². The average Bonchev–Trinajstić information content (AvgIpc) is 2.58. The molecule has 0 bridgehead atoms. The lowest BCUT2D eigenvalue weighted by Gasteiger charge is -2.19. The first kappa shape index (κ1) is 21.5. The van der Waals surface area contributed by atoms with Gasteiger partial charge >= 0.3 is 0 Å². The van der Waals surface area contributed by atoms with Gasteiger partial charge in [0.25, 0.3) is 0 Å². The average molecular weight is 334 g/mol. The van der Waals surface area contributed by atoms with Gasteiger partial charge in [0.2, 0.25) is 24.3 Å². The minimum absolute atomic E-state index is 0.137. The van der Waals surface area contributed by atoms with Gasteiger partial charge in [0.15, 0.2) is 0 Å². The third kappa shape index (κ3) is 11.1. The number of nitrogens with zero attached hydrogens (tertiary/aromatic N) is 4. The Hall–Kier alpha value is -2.48. The van der Waals surface area contributed by atoms with E-state index in [9.17, 15) is 19.2 Å². The largest absolute Gasteiger partial charge is 0.235 e. The Morgan fingerprint density at radius 3 is 1.92 bits per heavy atom. The van der Waals surface area contributed by atoms with E-state index in [1.54, 1.807) is 0 Å². The van der Waals surface area contributed by atoms with E-state index in [-0.39, 0.29) is 5.92 Å². The van der Waals surface area contributed by atoms with Crippen molar-refractivity contribution in [1.82, 2.24) is 0 Å². The Kier molecular flexibility index (Phi) is 13.8. The summed E-state index contributed by atoms with van der Waals surface area (Å²) in [5, 5.41) is 0. The summed E-state index contributed by atoms with van der Waals surface area (Å²) in [6.07, 6.45) is 10.2. The number of hydrogen-bond donors (Lipinski definition) is 0. The molecule has 0 aliphatic rings. The van der Waals surface area contributed by atoms with E-state index in [0.29, 0.717) is 32.4 Å². The summed E-state index contributed by atoms with van der Waals surface area (Å²) in [5.74, 6) is 0.137. The van der Waals surface area contributed by atoms with E-state index < -0.39 is 12.1 Å². The number of isocyanates is 4. The zero-order valence-electron chi connectivity index (χ0n) is 13.8. The van der Waals surface area contributed by atoms with Gasteiger partial charge in [0.1, 0.15) is 0 Å². The molecule has 0 radical (unpaired) electrons. The quantitative estimate of drug-likeness (QED) is 0.274. The molecule has 0 aromatic heterocycles. The Balaban J connectivity index is 4.54. The molecule has 0 aromatic rings. The van der Waals surface area contributed by atoms with Crippen molar-refractivity contribution >= 4 is 24.3 Å². The summed E-state index contributed by atoms with van der Waals surface area (Å²) >= 11 is 0. The Bertz CT molecular complexity index is 540. The Morgan fingerprint density at radius 1 is 0.708 bits per heavy atom. The highest BCUT2D eigenvalue weighted by Crippen LogP contribution is 2.19. The second kappa shape index (κ2) is 15.4. The molecule has 0 N–H and O–H groups in total. The monoisotopic (exact) mass is 334 g/mol. The van der Waals surface area contributed by atoms with Crippen LogP contribution in [0.25, 0.3) is 0 Å². The van der Waals surface area contributed by atoms with E-state index in [2.05, 4.69) is 20.0 Å². The van der Waals surface area contributed by atoms with Crippen LogP contribution >= 0.6 is 0 Å². The molecular weight excluding hydrogens is 312 g/mol. The third-order valence-electron chi connectivity index (χ3n) is 3.64. The summed E-state index contributed by atoms with van der Waals surface area (Å²) in [5.41, 5.74) is 0. The molecule has 3 atom stereocenters. The lowest BCUT2D eigenvalue weighted by molar-refractivity contribution is 0.406. The summed E-state index contributed by atoms with van der Waals surface area (Å²) in [7, 11) is 0. The Morgan fingerprint density at radius 2 is 1.33 bits per heavy atom. The molecular formula is C16H22N4O4. The Labute approximate surface area is 140 Å². The van der Waals surface area contributed by atoms with Crippen molar-refractivity contribution in [2.24, 2.45) is 25.9 Å². The van der Waals surface area contributed by atoms with Crippen LogP contribution < -0.4 is 0 Å². The molecule has 0 aromatic carbocycles. The van der Waals surface area contributed by atoms with Crippen molar-refractivity contribution in [2.45, 2.75) is 57.5 Å². The molecule has 0 spiro atoms. The predicted molar refractivity (Wildman–Crippen MR) is 86.7 cm³/mol. The SMILES string of the molecule is CC(CCC(N=C=O)C(CCCCCN=C=O)N=C=O)CN=C=O. The fraction of sp³-hybridized carbons (Fsp3) is 0.750. The minimum Gasteiger partial charge on any atom is -0.211 e. The fourth-order valence-corrected chi connectivity index (χ4v) is 2.33. The number of aliphatic imine (C=N–C) groups is 4. The topological polar surface area (TPSA) is 118 Å². The second-order valence-corrected chi connectivity index (χ2v) is 5.51. The lowest BCUT2D eigenvalue weighted by Crippen LogP contribution is -2.24. The molecule has 0 saturated heterocycles. The predicted octanol–water partition coefficient (Wildman–Crippen LogP) is 2.04. The number of hydrogen-bond acceptors (Lipinski definition) is 8. The maximum absolute atomic E-state index is 10.6. The van der Waals surface area contributed by atoms with Gasteiger partial charge in [-0.25, -0.2) is 39.1 Å². The molecule has 0 aliphatic heterocycles. The van der Waals surface area contributed by atoms with Crippen LogP contribution in [0.4, 0.5) is 0 Å². The van der Waals surface area contributed by atoms with Crippen LogP contribution in [0.1, 0.15) is 45.4 Å². The first-order chi connectivity index (χ1) is 11.7. The molecule has 0 heterocycles. The molecule has 0 aliphatic carbocycles. The number of carbonyl (C=O) groups excluding carboxylic acids is 4. The first-order valence-corrected chi connectivity index (χ1v) is 7.90. The highest BCUT2D eigenvalue weighted by atomic mass is 16.1. The maximum atomic E-state index is 10.6. The van der Waals surface area contributed by atoms with Crippen molar-refractivity contribution in [1.29, 1.82) is 0 Å². The standard InChI is InChI=1S/C16H22N4O4/c1-14(9-18-11-22)6-7-16(20-13-24)15(19-12-23)5-3-2-4-8-17-10-21/h14-16H,2-9H2,1H3. The van der Waals surface area contributed by atoms with Crippen LogP contribution in [-0.4, -0.2) is 49.5 Å². The van der Waals surface area contributed by atoms with Gasteiger partial charge in [-0.3, -0.25) is 0 Å². The van der Waals surface area contributed by atoms with Gasteiger partial charge in [-0.05, 0) is 31.6 Å². The van der Waals surface area contributed by atoms with Crippen LogP contribution in [0.3, 0.4) is 0 Å². The van der Waals surface area contributed by atoms with Crippen LogP contribution in [0.2, 0.25) is 0 Å². The van der Waals surface area contributed by atoms with Crippen molar-refractivity contribution in [2.75, 3.05) is 13.1 Å². The van der Waals surface area contributed by atoms with Gasteiger partial charge in [-0.15, -0.1) is 0 Å². The van der Waals surface area contributed by atoms with Crippen LogP contribution in [0, 0.1) is 5.92 Å². The van der Waals surface area contributed by atoms with E-state index in [4.69, 9.17) is 0 Å². The zero-order chi connectivity index (χ0) is 18.0. The molecule has 8 heteroatoms. The van der Waals surface area contributed by atoms with Crippen LogP contribution in [-0.2, 0) is 19.2 Å². The normalized spacial score (nSPS) is 13.2. The minimum atomic E-state index is -0.445. The smallest absolute Gasteiger partial charge is 0.211 e. The van der Waals surface area contributed by atoms with Gasteiger partial charge in [-0.2, -0.15) is 0 Å². The summed E-state index contributed by atoms with van der Waals surface area (Å²) in [4.78, 5) is 55.9. The zero-order valence-corrected chi connectivity index (χ0v) is 13.8. The van der Waals surface area contributed by atoms with Gasteiger partial charge in [0.05, 0.1) is 25.2 Å². The lowest BCUT2D eigenvalue weighted by atomic mass is 9.94. The molecule has 3 unspecified atom stereocenters. The molecule has 8 nitrogen and oxygen atoms in total. The van der Waals surface area contributed by atoms with Gasteiger partial charge in [0, 0.05) is 0 Å². The molecule has 0 rings (SSSR count). The van der Waals surface area contributed by atoms with E-state index >= 15 is 0 Å². The highest BCUT2D eigenvalue weighted by molar-refractivity contribution is 5.36. The molecule has 0 saturated carbocycles. The van der Waals surface area contributed by atoms with Gasteiger partial charge in [-0.1, -0.05) is 19.8 Å². The van der Waals surface area contributed by atoms with E-state index in [0.717, 1.165) is 19.3 Å². The summed E-state index contributed by atoms with van der Waals surface area (Å²) < 4.78 is 0. The molecule has 0 fully saturated rings. The highest BCUT2D eigenvalue weighted by Gasteiger charge is 2.21. The second-order valence-electron chi connectivity index (χ2n) is 5.51. The molecule has 24 heavy (non-hydrogen) atoms. The van der Waals surface area contributed by atoms with Crippen LogP contribution in [0.5, 0.6) is 0 Å². The fourth-order valence-electron chi connectivity index (χ4n) is 2.33. The first-order valence-electron chi connectivity index (χ1n) is 7.90. The van der Waals surface area contributed by atoms with Crippen molar-refractivity contribution in [3.05, 3.63) is 0 Å². The number of rotatable bonds is 14. The van der Waals surface area contributed by atoms with E-state index in [1.807, 2.05) is 6.92 Å². The van der Waals surface area contributed by atoms with Crippen LogP contribution in [0.15, 0.2) is 20.0 Å². The summed E-state index contributed by atoms with van der Waals surface area (Å²) in [6.45, 7) is 2.71. The number of unbranched alkanes of at least 4 members (excludes halogenated alkanes) is 2. The van der Waals surface area contributed by atoms with Crippen molar-refractivity contribution in [3.63, 3.8) is 0 Å². The van der Waals surface area contributed by atoms with Crippen molar-refractivity contribution < 1.29 is 19.2 Å². The summed E-state index contributed by atoms with van der Waals surface area (Å²) in [6, 6.07) is -0.875. The molecule has 0 amide bonds. The maximum Gasteiger partial charge on any atom is 0.235 e.